The highest BCUT2D eigenvalue weighted by Gasteiger charge is 2.20. The summed E-state index contributed by atoms with van der Waals surface area (Å²) in [6, 6.07) is 18.3. The van der Waals surface area contributed by atoms with Gasteiger partial charge in [0, 0.05) is 10.9 Å². The first-order valence-electron chi connectivity index (χ1n) is 13.6. The fourth-order valence-corrected chi connectivity index (χ4v) is 5.43. The van der Waals surface area contributed by atoms with Crippen molar-refractivity contribution < 1.29 is 4.39 Å². The van der Waals surface area contributed by atoms with E-state index in [9.17, 15) is 0 Å². The zero-order valence-electron chi connectivity index (χ0n) is 21.3. The quantitative estimate of drug-likeness (QED) is 0.218. The Kier molecular flexibility index (Phi) is 9.19. The van der Waals surface area contributed by atoms with Crippen LogP contribution >= 0.6 is 0 Å². The second-order valence-electron chi connectivity index (χ2n) is 10.3. The lowest BCUT2D eigenvalue weighted by atomic mass is 9.78. The number of unbranched alkanes of at least 4 members (excludes halogenated alkanes) is 1. The highest BCUT2D eigenvalue weighted by Crippen LogP contribution is 2.34. The maximum absolute atomic E-state index is 15.2. The van der Waals surface area contributed by atoms with E-state index in [0.717, 1.165) is 42.0 Å². The summed E-state index contributed by atoms with van der Waals surface area (Å²) in [6.45, 7) is 6.06. The molecule has 3 aromatic rings. The van der Waals surface area contributed by atoms with Gasteiger partial charge < -0.3 is 0 Å². The molecule has 0 bridgehead atoms. The minimum Gasteiger partial charge on any atom is -0.205 e. The third kappa shape index (κ3) is 7.08. The minimum atomic E-state index is -0.213. The van der Waals surface area contributed by atoms with Gasteiger partial charge in [-0.15, -0.1) is 6.58 Å². The standard InChI is InChI=1S/C34H39F/c1-3-5-7-26-9-13-28(14-10-26)17-18-30-20-24-33-32(25-30)23-22-31(34(33)35)21-19-29-15-11-27(12-16-29)8-6-4-2/h4,11-12,15-16,20,22-26,28H,2-3,5-10,13-14,17-18H2,1H3. The summed E-state index contributed by atoms with van der Waals surface area (Å²) in [4.78, 5) is 0. The molecule has 35 heavy (non-hydrogen) atoms. The molecule has 3 aromatic carbocycles. The number of hydrogen-bond donors (Lipinski definition) is 0. The van der Waals surface area contributed by atoms with E-state index < -0.39 is 0 Å². The van der Waals surface area contributed by atoms with Crippen LogP contribution in [-0.4, -0.2) is 0 Å². The molecule has 1 aliphatic carbocycles. The number of hydrogen-bond acceptors (Lipinski definition) is 0. The second-order valence-corrected chi connectivity index (χ2v) is 10.3. The third-order valence-electron chi connectivity index (χ3n) is 7.72. The van der Waals surface area contributed by atoms with Gasteiger partial charge in [0.25, 0.3) is 0 Å². The molecule has 0 saturated heterocycles. The van der Waals surface area contributed by atoms with Gasteiger partial charge in [0.15, 0.2) is 0 Å². The van der Waals surface area contributed by atoms with Crippen LogP contribution in [0, 0.1) is 29.5 Å². The SMILES string of the molecule is C=CCCc1ccc(C#Cc2ccc3cc(CCC4CCC(CCCC)CC4)ccc3c2F)cc1. The molecule has 1 saturated carbocycles. The van der Waals surface area contributed by atoms with E-state index in [1.165, 1.54) is 62.5 Å². The van der Waals surface area contributed by atoms with Crippen molar-refractivity contribution in [1.82, 2.24) is 0 Å². The van der Waals surface area contributed by atoms with Crippen LogP contribution < -0.4 is 0 Å². The van der Waals surface area contributed by atoms with Gasteiger partial charge in [0.2, 0.25) is 0 Å². The van der Waals surface area contributed by atoms with E-state index in [1.54, 1.807) is 0 Å². The van der Waals surface area contributed by atoms with Crippen molar-refractivity contribution in [2.75, 3.05) is 0 Å². The number of aryl methyl sites for hydroxylation is 2. The van der Waals surface area contributed by atoms with Crippen LogP contribution in [0.3, 0.4) is 0 Å². The Morgan fingerprint density at radius 3 is 2.29 bits per heavy atom. The third-order valence-corrected chi connectivity index (χ3v) is 7.72. The molecule has 4 rings (SSSR count). The van der Waals surface area contributed by atoms with Gasteiger partial charge in [-0.3, -0.25) is 0 Å². The van der Waals surface area contributed by atoms with Crippen molar-refractivity contribution in [2.24, 2.45) is 11.8 Å². The summed E-state index contributed by atoms with van der Waals surface area (Å²) in [6.07, 6.45) is 16.0. The molecule has 0 spiro atoms. The van der Waals surface area contributed by atoms with Gasteiger partial charge in [-0.1, -0.05) is 106 Å². The lowest BCUT2D eigenvalue weighted by Gasteiger charge is -2.28. The van der Waals surface area contributed by atoms with Gasteiger partial charge in [-0.2, -0.15) is 0 Å². The van der Waals surface area contributed by atoms with Gasteiger partial charge in [0.1, 0.15) is 5.82 Å². The van der Waals surface area contributed by atoms with Crippen molar-refractivity contribution in [2.45, 2.75) is 77.6 Å². The second kappa shape index (κ2) is 12.7. The Labute approximate surface area is 211 Å². The van der Waals surface area contributed by atoms with Crippen molar-refractivity contribution >= 4 is 10.8 Å². The normalized spacial score (nSPS) is 17.7. The van der Waals surface area contributed by atoms with Crippen LogP contribution in [0.2, 0.25) is 0 Å². The summed E-state index contributed by atoms with van der Waals surface area (Å²) in [5.41, 5.74) is 3.95. The summed E-state index contributed by atoms with van der Waals surface area (Å²) in [7, 11) is 0. The molecular formula is C34H39F. The predicted octanol–water partition coefficient (Wildman–Crippen LogP) is 9.43. The van der Waals surface area contributed by atoms with Crippen molar-refractivity contribution in [3.63, 3.8) is 0 Å². The zero-order chi connectivity index (χ0) is 24.5. The number of benzene rings is 3. The smallest absolute Gasteiger partial charge is 0.146 e. The molecule has 0 aromatic heterocycles. The molecule has 0 atom stereocenters. The lowest BCUT2D eigenvalue weighted by Crippen LogP contribution is -2.15. The Bertz CT molecular complexity index is 1170. The molecule has 0 aliphatic heterocycles. The topological polar surface area (TPSA) is 0 Å². The largest absolute Gasteiger partial charge is 0.205 e. The summed E-state index contributed by atoms with van der Waals surface area (Å²) < 4.78 is 15.2. The molecule has 1 fully saturated rings. The molecule has 1 aliphatic rings. The van der Waals surface area contributed by atoms with E-state index in [1.807, 2.05) is 36.4 Å². The molecule has 0 amide bonds. The lowest BCUT2D eigenvalue weighted by molar-refractivity contribution is 0.250. The van der Waals surface area contributed by atoms with Crippen LogP contribution in [0.5, 0.6) is 0 Å². The Hall–Kier alpha value is -2.85. The van der Waals surface area contributed by atoms with E-state index in [2.05, 4.69) is 49.6 Å². The van der Waals surface area contributed by atoms with Crippen LogP contribution in [-0.2, 0) is 12.8 Å². The van der Waals surface area contributed by atoms with E-state index in [0.29, 0.717) is 10.9 Å². The fraction of sp³-hybridized carbons (Fsp3) is 0.412. The summed E-state index contributed by atoms with van der Waals surface area (Å²) in [5, 5.41) is 1.64. The highest BCUT2D eigenvalue weighted by molar-refractivity contribution is 5.85. The van der Waals surface area contributed by atoms with E-state index in [4.69, 9.17) is 0 Å². The summed E-state index contributed by atoms with van der Waals surface area (Å²) >= 11 is 0. The van der Waals surface area contributed by atoms with Crippen LogP contribution in [0.25, 0.3) is 10.8 Å². The molecule has 1 heteroatoms. The number of halogens is 1. The number of rotatable bonds is 9. The van der Waals surface area contributed by atoms with Crippen LogP contribution in [0.15, 0.2) is 67.3 Å². The first kappa shape index (κ1) is 25.2. The Balaban J connectivity index is 1.36. The monoisotopic (exact) mass is 466 g/mol. The van der Waals surface area contributed by atoms with Crippen molar-refractivity contribution in [3.05, 3.63) is 95.3 Å². The Morgan fingerprint density at radius 2 is 1.57 bits per heavy atom. The van der Waals surface area contributed by atoms with Crippen molar-refractivity contribution in [1.29, 1.82) is 0 Å². The number of allylic oxidation sites excluding steroid dienone is 1. The molecule has 0 heterocycles. The molecule has 0 N–H and O–H groups in total. The zero-order valence-corrected chi connectivity index (χ0v) is 21.3. The van der Waals surface area contributed by atoms with E-state index in [-0.39, 0.29) is 5.82 Å². The van der Waals surface area contributed by atoms with Gasteiger partial charge in [-0.05, 0) is 72.2 Å². The molecule has 0 nitrogen and oxygen atoms in total. The predicted molar refractivity (Wildman–Crippen MR) is 148 cm³/mol. The molecule has 182 valence electrons. The van der Waals surface area contributed by atoms with Crippen LogP contribution in [0.1, 0.15) is 87.0 Å². The summed E-state index contributed by atoms with van der Waals surface area (Å²) in [5.74, 6) is 7.77. The number of fused-ring (bicyclic) bond motifs is 1. The first-order valence-corrected chi connectivity index (χ1v) is 13.6. The average Bonchev–Trinajstić information content (AvgIpc) is 2.90. The van der Waals surface area contributed by atoms with Gasteiger partial charge in [-0.25, -0.2) is 4.39 Å². The van der Waals surface area contributed by atoms with Crippen LogP contribution in [0.4, 0.5) is 4.39 Å². The Morgan fingerprint density at radius 1 is 0.857 bits per heavy atom. The molecule has 0 radical (unpaired) electrons. The highest BCUT2D eigenvalue weighted by atomic mass is 19.1. The average molecular weight is 467 g/mol. The maximum Gasteiger partial charge on any atom is 0.146 e. The van der Waals surface area contributed by atoms with E-state index >= 15 is 4.39 Å². The minimum absolute atomic E-state index is 0.213. The van der Waals surface area contributed by atoms with Gasteiger partial charge in [0.05, 0.1) is 5.56 Å². The molecule has 0 unspecified atom stereocenters. The van der Waals surface area contributed by atoms with Crippen molar-refractivity contribution in [3.8, 4) is 11.8 Å². The maximum atomic E-state index is 15.2. The fourth-order valence-electron chi connectivity index (χ4n) is 5.43. The first-order chi connectivity index (χ1) is 17.2. The molecular weight excluding hydrogens is 427 g/mol. The van der Waals surface area contributed by atoms with Gasteiger partial charge >= 0.3 is 0 Å².